The van der Waals surface area contributed by atoms with E-state index in [9.17, 15) is 19.2 Å². The molecule has 17 nitrogen and oxygen atoms in total. The summed E-state index contributed by atoms with van der Waals surface area (Å²) >= 11 is 0. The van der Waals surface area contributed by atoms with E-state index in [0.717, 1.165) is 16.7 Å². The standard InChI is InChI=1S/C57H65N5O12/c1-35(2)54(64)71-46-43(32-67-30-39-22-13-8-14-23-39)70-57(49(47(46)72-55(65)36(3)4)68-31-40-24-15-9-16-25-40)74-45-42(29-19-26-38-20-11-7-12-21-38)69-53(48(45)73-56(66)37(5)6)62-34-60-44-50(58-33-59-51(44)62)61-52(63)41-27-17-10-18-28-41/h7-18,20-25,27-28,33-37,42-43,45-49,53,57H,19,26,29-32H2,1-6H3,(H,58,59,61,63)/t42-,43-,45-,46-,47+,48-,49-,53-,57-/m1/s1. The molecule has 8 rings (SSSR count). The summed E-state index contributed by atoms with van der Waals surface area (Å²) in [6.07, 6.45) is -5.77. The van der Waals surface area contributed by atoms with Crippen LogP contribution in [0.1, 0.15) is 87.7 Å². The number of aromatic nitrogens is 4. The van der Waals surface area contributed by atoms with E-state index in [0.29, 0.717) is 24.8 Å². The number of hydrogen-bond acceptors (Lipinski definition) is 15. The minimum absolute atomic E-state index is 0.0183. The largest absolute Gasteiger partial charge is 0.455 e. The molecule has 4 heterocycles. The first kappa shape index (κ1) is 53.4. The quantitative estimate of drug-likeness (QED) is 0.0501. The molecule has 2 fully saturated rings. The molecule has 0 unspecified atom stereocenters. The number of carbonyl (C=O) groups excluding carboxylic acids is 4. The van der Waals surface area contributed by atoms with Crippen molar-refractivity contribution in [1.82, 2.24) is 19.5 Å². The van der Waals surface area contributed by atoms with E-state index < -0.39 is 96.8 Å². The number of ether oxygens (including phenoxy) is 8. The van der Waals surface area contributed by atoms with E-state index in [1.54, 1.807) is 70.4 Å². The van der Waals surface area contributed by atoms with Crippen molar-refractivity contribution in [1.29, 1.82) is 0 Å². The Bertz CT molecular complexity index is 2760. The van der Waals surface area contributed by atoms with E-state index in [1.165, 1.54) is 12.7 Å². The lowest BCUT2D eigenvalue weighted by atomic mass is 9.96. The van der Waals surface area contributed by atoms with Crippen LogP contribution in [-0.4, -0.2) is 99.0 Å². The number of anilines is 1. The molecule has 0 radical (unpaired) electrons. The number of aryl methyl sites for hydroxylation is 1. The maximum atomic E-state index is 14.0. The first-order valence-electron chi connectivity index (χ1n) is 25.3. The second-order valence-corrected chi connectivity index (χ2v) is 19.4. The Morgan fingerprint density at radius 2 is 1.15 bits per heavy atom. The summed E-state index contributed by atoms with van der Waals surface area (Å²) in [5.74, 6) is -3.59. The van der Waals surface area contributed by atoms with Gasteiger partial charge in [-0.1, -0.05) is 151 Å². The highest BCUT2D eigenvalue weighted by atomic mass is 16.7. The molecule has 9 atom stereocenters. The molecule has 0 aliphatic carbocycles. The highest BCUT2D eigenvalue weighted by Gasteiger charge is 2.56. The van der Waals surface area contributed by atoms with E-state index in [1.807, 2.05) is 84.9 Å². The zero-order chi connectivity index (χ0) is 52.1. The van der Waals surface area contributed by atoms with Crippen LogP contribution in [0.25, 0.3) is 11.2 Å². The number of carbonyl (C=O) groups is 4. The fourth-order valence-electron chi connectivity index (χ4n) is 8.68. The van der Waals surface area contributed by atoms with Gasteiger partial charge in [-0.25, -0.2) is 15.0 Å². The topological polar surface area (TPSA) is 198 Å². The van der Waals surface area contributed by atoms with Crippen molar-refractivity contribution >= 4 is 40.8 Å². The summed E-state index contributed by atoms with van der Waals surface area (Å²) in [6, 6.07) is 37.7. The van der Waals surface area contributed by atoms with Crippen LogP contribution in [0.5, 0.6) is 0 Å². The third kappa shape index (κ3) is 13.4. The van der Waals surface area contributed by atoms with Gasteiger partial charge in [0.25, 0.3) is 5.91 Å². The molecule has 0 spiro atoms. The van der Waals surface area contributed by atoms with Gasteiger partial charge in [0.1, 0.15) is 24.6 Å². The van der Waals surface area contributed by atoms with Crippen LogP contribution in [0.3, 0.4) is 0 Å². The highest BCUT2D eigenvalue weighted by molar-refractivity contribution is 6.06. The number of esters is 3. The van der Waals surface area contributed by atoms with E-state index in [2.05, 4.69) is 32.4 Å². The number of benzene rings is 4. The number of amides is 1. The van der Waals surface area contributed by atoms with Crippen LogP contribution in [0, 0.1) is 17.8 Å². The molecule has 2 aliphatic heterocycles. The summed E-state index contributed by atoms with van der Waals surface area (Å²) in [4.78, 5) is 68.5. The molecule has 0 bridgehead atoms. The third-order valence-electron chi connectivity index (χ3n) is 12.7. The van der Waals surface area contributed by atoms with Gasteiger partial charge in [-0.05, 0) is 48.1 Å². The smallest absolute Gasteiger partial charge is 0.308 e. The molecule has 17 heteroatoms. The Kier molecular flexibility index (Phi) is 18.3. The van der Waals surface area contributed by atoms with Gasteiger partial charge in [-0.2, -0.15) is 0 Å². The number of nitrogens with zero attached hydrogens (tertiary/aromatic N) is 4. The van der Waals surface area contributed by atoms with Crippen molar-refractivity contribution in [2.45, 2.75) is 129 Å². The molecule has 1 amide bonds. The van der Waals surface area contributed by atoms with E-state index in [-0.39, 0.29) is 36.8 Å². The van der Waals surface area contributed by atoms with Crippen molar-refractivity contribution in [3.05, 3.63) is 156 Å². The van der Waals surface area contributed by atoms with Crippen molar-refractivity contribution in [3.63, 3.8) is 0 Å². The minimum atomic E-state index is -1.38. The van der Waals surface area contributed by atoms with Gasteiger partial charge in [-0.3, -0.25) is 23.7 Å². The van der Waals surface area contributed by atoms with Gasteiger partial charge >= 0.3 is 17.9 Å². The van der Waals surface area contributed by atoms with Crippen LogP contribution in [0.2, 0.25) is 0 Å². The molecule has 2 saturated heterocycles. The van der Waals surface area contributed by atoms with Gasteiger partial charge in [0, 0.05) is 5.56 Å². The minimum Gasteiger partial charge on any atom is -0.455 e. The van der Waals surface area contributed by atoms with Crippen LogP contribution in [-0.2, 0) is 71.9 Å². The van der Waals surface area contributed by atoms with Gasteiger partial charge in [-0.15, -0.1) is 0 Å². The summed E-state index contributed by atoms with van der Waals surface area (Å²) in [7, 11) is 0. The molecule has 390 valence electrons. The first-order valence-corrected chi connectivity index (χ1v) is 25.3. The molecule has 2 aliphatic rings. The van der Waals surface area contributed by atoms with Crippen LogP contribution >= 0.6 is 0 Å². The highest BCUT2D eigenvalue weighted by Crippen LogP contribution is 2.41. The van der Waals surface area contributed by atoms with Crippen LogP contribution in [0.15, 0.2) is 134 Å². The normalized spacial score (nSPS) is 22.7. The Hall–Kier alpha value is -6.89. The molecule has 2 aromatic heterocycles. The number of rotatable bonds is 22. The average Bonchev–Trinajstić information content (AvgIpc) is 3.99. The summed E-state index contributed by atoms with van der Waals surface area (Å²) in [5, 5.41) is 2.86. The van der Waals surface area contributed by atoms with Crippen molar-refractivity contribution in [3.8, 4) is 0 Å². The van der Waals surface area contributed by atoms with E-state index in [4.69, 9.17) is 37.9 Å². The van der Waals surface area contributed by atoms with Crippen molar-refractivity contribution < 1.29 is 57.1 Å². The maximum Gasteiger partial charge on any atom is 0.308 e. The molecule has 74 heavy (non-hydrogen) atoms. The van der Waals surface area contributed by atoms with Gasteiger partial charge < -0.3 is 43.2 Å². The molecule has 1 N–H and O–H groups in total. The second-order valence-electron chi connectivity index (χ2n) is 19.4. The lowest BCUT2D eigenvalue weighted by molar-refractivity contribution is -0.332. The fraction of sp³-hybridized carbons (Fsp3) is 0.421. The Morgan fingerprint density at radius 3 is 1.76 bits per heavy atom. The molecule has 0 saturated carbocycles. The average molecular weight is 1010 g/mol. The fourth-order valence-corrected chi connectivity index (χ4v) is 8.68. The molecular weight excluding hydrogens is 947 g/mol. The third-order valence-corrected chi connectivity index (χ3v) is 12.7. The number of fused-ring (bicyclic) bond motifs is 1. The second kappa shape index (κ2) is 25.4. The van der Waals surface area contributed by atoms with E-state index >= 15 is 0 Å². The van der Waals surface area contributed by atoms with Gasteiger partial charge in [0.2, 0.25) is 0 Å². The first-order chi connectivity index (χ1) is 35.8. The predicted octanol–water partition coefficient (Wildman–Crippen LogP) is 8.61. The Morgan fingerprint density at radius 1 is 0.595 bits per heavy atom. The Labute approximate surface area is 431 Å². The summed E-state index contributed by atoms with van der Waals surface area (Å²) in [5.41, 5.74) is 3.77. The zero-order valence-corrected chi connectivity index (χ0v) is 42.6. The van der Waals surface area contributed by atoms with Crippen molar-refractivity contribution in [2.24, 2.45) is 17.8 Å². The van der Waals surface area contributed by atoms with Gasteiger partial charge in [0.05, 0.1) is 50.0 Å². The zero-order valence-electron chi connectivity index (χ0n) is 42.6. The summed E-state index contributed by atoms with van der Waals surface area (Å²) < 4.78 is 55.0. The Balaban J connectivity index is 1.21. The van der Waals surface area contributed by atoms with Crippen LogP contribution < -0.4 is 5.32 Å². The molecule has 6 aromatic rings. The van der Waals surface area contributed by atoms with Crippen LogP contribution in [0.4, 0.5) is 5.82 Å². The SMILES string of the molecule is CC(C)C(=O)O[C@@H]1[C@@H](OCc2ccccc2)[C@@H](O[C@H]2[C@@H](OC(=O)C(C)C)[C@H](n3cnc4c(NC(=O)c5ccccc5)ncnc43)O[C@@H]2CCCc2ccccc2)O[C@H](COCc2ccccc2)[C@H]1OC(=O)C(C)C. The van der Waals surface area contributed by atoms with Crippen molar-refractivity contribution in [2.75, 3.05) is 11.9 Å². The number of hydrogen-bond donors (Lipinski definition) is 1. The molecule has 4 aromatic carbocycles. The lowest BCUT2D eigenvalue weighted by Crippen LogP contribution is -2.64. The monoisotopic (exact) mass is 1010 g/mol. The lowest BCUT2D eigenvalue weighted by Gasteiger charge is -2.46. The molecular formula is C57H65N5O12. The maximum absolute atomic E-state index is 14.0. The number of imidazole rings is 1. The number of nitrogens with one attached hydrogen (secondary N) is 1. The van der Waals surface area contributed by atoms with Gasteiger partial charge in [0.15, 0.2) is 47.8 Å². The predicted molar refractivity (Wildman–Crippen MR) is 272 cm³/mol. The summed E-state index contributed by atoms with van der Waals surface area (Å²) in [6.45, 7) is 10.4.